The molecule has 0 amide bonds. The number of para-hydroxylation sites is 1. The van der Waals surface area contributed by atoms with E-state index in [2.05, 4.69) is 47.0 Å². The van der Waals surface area contributed by atoms with Gasteiger partial charge in [-0.1, -0.05) is 48.0 Å². The Labute approximate surface area is 104 Å². The summed E-state index contributed by atoms with van der Waals surface area (Å²) in [6.07, 6.45) is 1.94. The summed E-state index contributed by atoms with van der Waals surface area (Å²) in [5.74, 6) is 0.468. The maximum Gasteiger partial charge on any atom is 0.0649 e. The molecule has 16 heavy (non-hydrogen) atoms. The summed E-state index contributed by atoms with van der Waals surface area (Å²) in [5.41, 5.74) is 3.67. The van der Waals surface area contributed by atoms with E-state index in [0.717, 1.165) is 11.0 Å². The van der Waals surface area contributed by atoms with Gasteiger partial charge in [0, 0.05) is 10.9 Å². The quantitative estimate of drug-likeness (QED) is 0.779. The summed E-state index contributed by atoms with van der Waals surface area (Å²) >= 11 is 3.51. The molecule has 3 heteroatoms. The van der Waals surface area contributed by atoms with Gasteiger partial charge >= 0.3 is 0 Å². The maximum atomic E-state index is 4.47. The van der Waals surface area contributed by atoms with E-state index in [1.54, 1.807) is 0 Å². The van der Waals surface area contributed by atoms with Gasteiger partial charge in [-0.15, -0.1) is 0 Å². The number of alkyl halides is 1. The monoisotopic (exact) mass is 278 g/mol. The Morgan fingerprint density at radius 1 is 1.25 bits per heavy atom. The van der Waals surface area contributed by atoms with Crippen LogP contribution in [0.2, 0.25) is 0 Å². The Morgan fingerprint density at radius 2 is 1.94 bits per heavy atom. The van der Waals surface area contributed by atoms with Crippen LogP contribution in [-0.4, -0.2) is 9.78 Å². The first kappa shape index (κ1) is 11.4. The smallest absolute Gasteiger partial charge is 0.0649 e. The molecule has 0 N–H and O–H groups in total. The zero-order valence-electron chi connectivity index (χ0n) is 9.52. The fourth-order valence-corrected chi connectivity index (χ4v) is 2.32. The Bertz CT molecular complexity index is 460. The number of hydrogen-bond acceptors (Lipinski definition) is 1. The van der Waals surface area contributed by atoms with Crippen LogP contribution in [0.3, 0.4) is 0 Å². The Morgan fingerprint density at radius 3 is 2.50 bits per heavy atom. The van der Waals surface area contributed by atoms with Crippen molar-refractivity contribution in [2.24, 2.45) is 0 Å². The van der Waals surface area contributed by atoms with Crippen molar-refractivity contribution in [1.82, 2.24) is 9.78 Å². The van der Waals surface area contributed by atoms with Crippen LogP contribution in [0.15, 0.2) is 36.5 Å². The molecule has 0 atom stereocenters. The molecule has 84 valence electrons. The third-order valence-electron chi connectivity index (χ3n) is 2.58. The minimum absolute atomic E-state index is 0.468. The molecular weight excluding hydrogens is 264 g/mol. The van der Waals surface area contributed by atoms with Gasteiger partial charge in [-0.25, -0.2) is 4.68 Å². The molecule has 1 heterocycles. The van der Waals surface area contributed by atoms with E-state index in [1.165, 1.54) is 11.3 Å². The van der Waals surface area contributed by atoms with E-state index in [-0.39, 0.29) is 0 Å². The maximum absolute atomic E-state index is 4.47. The molecule has 1 aromatic carbocycles. The molecule has 2 aromatic rings. The highest BCUT2D eigenvalue weighted by atomic mass is 79.9. The first-order valence-electron chi connectivity index (χ1n) is 5.42. The second kappa shape index (κ2) is 4.83. The lowest BCUT2D eigenvalue weighted by Crippen LogP contribution is -2.04. The van der Waals surface area contributed by atoms with E-state index in [0.29, 0.717) is 5.92 Å². The lowest BCUT2D eigenvalue weighted by atomic mass is 10.1. The van der Waals surface area contributed by atoms with Crippen LogP contribution in [0.5, 0.6) is 0 Å². The number of hydrogen-bond donors (Lipinski definition) is 0. The third-order valence-corrected chi connectivity index (χ3v) is 3.18. The van der Waals surface area contributed by atoms with Crippen LogP contribution in [0, 0.1) is 0 Å². The molecule has 2 rings (SSSR count). The van der Waals surface area contributed by atoms with Gasteiger partial charge in [0.25, 0.3) is 0 Å². The van der Waals surface area contributed by atoms with Crippen molar-refractivity contribution < 1.29 is 0 Å². The van der Waals surface area contributed by atoms with Crippen molar-refractivity contribution in [3.05, 3.63) is 47.8 Å². The van der Waals surface area contributed by atoms with E-state index in [4.69, 9.17) is 0 Å². The molecule has 0 aliphatic carbocycles. The molecule has 0 fully saturated rings. The average Bonchev–Trinajstić information content (AvgIpc) is 2.73. The number of halogens is 1. The highest BCUT2D eigenvalue weighted by Crippen LogP contribution is 2.24. The van der Waals surface area contributed by atoms with Gasteiger partial charge in [-0.2, -0.15) is 5.10 Å². The van der Waals surface area contributed by atoms with Crippen LogP contribution < -0.4 is 0 Å². The minimum atomic E-state index is 0.468. The highest BCUT2D eigenvalue weighted by molar-refractivity contribution is 9.08. The summed E-state index contributed by atoms with van der Waals surface area (Å²) in [6, 6.07) is 10.3. The SMILES string of the molecule is CC(C)c1c(CBr)cnn1-c1ccccc1. The minimum Gasteiger partial charge on any atom is -0.237 e. The van der Waals surface area contributed by atoms with Crippen molar-refractivity contribution in [1.29, 1.82) is 0 Å². The van der Waals surface area contributed by atoms with Crippen molar-refractivity contribution in [3.8, 4) is 5.69 Å². The van der Waals surface area contributed by atoms with Crippen molar-refractivity contribution >= 4 is 15.9 Å². The second-order valence-corrected chi connectivity index (χ2v) is 4.65. The van der Waals surface area contributed by atoms with Crippen LogP contribution in [0.25, 0.3) is 5.69 Å². The van der Waals surface area contributed by atoms with E-state index in [1.807, 2.05) is 29.1 Å². The van der Waals surface area contributed by atoms with Gasteiger partial charge in [0.15, 0.2) is 0 Å². The number of nitrogens with zero attached hydrogens (tertiary/aromatic N) is 2. The van der Waals surface area contributed by atoms with Crippen LogP contribution >= 0.6 is 15.9 Å². The molecule has 0 radical (unpaired) electrons. The topological polar surface area (TPSA) is 17.8 Å². The zero-order chi connectivity index (χ0) is 11.5. The number of benzene rings is 1. The zero-order valence-corrected chi connectivity index (χ0v) is 11.1. The van der Waals surface area contributed by atoms with Gasteiger partial charge in [0.2, 0.25) is 0 Å². The first-order chi connectivity index (χ1) is 7.74. The molecule has 0 bridgehead atoms. The number of aromatic nitrogens is 2. The van der Waals surface area contributed by atoms with Crippen molar-refractivity contribution in [2.75, 3.05) is 0 Å². The largest absolute Gasteiger partial charge is 0.237 e. The standard InChI is InChI=1S/C13H15BrN2/c1-10(2)13-11(8-14)9-15-16(13)12-6-4-3-5-7-12/h3-7,9-10H,8H2,1-2H3. The summed E-state index contributed by atoms with van der Waals surface area (Å²) in [5, 5.41) is 5.32. The lowest BCUT2D eigenvalue weighted by molar-refractivity contribution is 0.730. The second-order valence-electron chi connectivity index (χ2n) is 4.09. The van der Waals surface area contributed by atoms with Crippen LogP contribution in [-0.2, 0) is 5.33 Å². The van der Waals surface area contributed by atoms with Gasteiger partial charge in [-0.05, 0) is 18.1 Å². The van der Waals surface area contributed by atoms with Gasteiger partial charge in [-0.3, -0.25) is 0 Å². The molecule has 0 aliphatic heterocycles. The Balaban J connectivity index is 2.53. The predicted octanol–water partition coefficient (Wildman–Crippen LogP) is 3.89. The third kappa shape index (κ3) is 2.05. The van der Waals surface area contributed by atoms with Gasteiger partial charge in [0.05, 0.1) is 17.6 Å². The fourth-order valence-electron chi connectivity index (χ4n) is 1.89. The normalized spacial score (nSPS) is 11.0. The molecule has 2 nitrogen and oxygen atoms in total. The summed E-state index contributed by atoms with van der Waals surface area (Å²) < 4.78 is 2.03. The van der Waals surface area contributed by atoms with Gasteiger partial charge < -0.3 is 0 Å². The Kier molecular flexibility index (Phi) is 3.44. The van der Waals surface area contributed by atoms with Gasteiger partial charge in [0.1, 0.15) is 0 Å². The first-order valence-corrected chi connectivity index (χ1v) is 6.54. The highest BCUT2D eigenvalue weighted by Gasteiger charge is 2.14. The molecular formula is C13H15BrN2. The molecule has 0 unspecified atom stereocenters. The lowest BCUT2D eigenvalue weighted by Gasteiger charge is -2.11. The predicted molar refractivity (Wildman–Crippen MR) is 70.3 cm³/mol. The van der Waals surface area contributed by atoms with E-state index in [9.17, 15) is 0 Å². The van der Waals surface area contributed by atoms with Crippen LogP contribution in [0.1, 0.15) is 31.0 Å². The molecule has 1 aromatic heterocycles. The number of rotatable bonds is 3. The molecule has 0 saturated carbocycles. The van der Waals surface area contributed by atoms with E-state index < -0.39 is 0 Å². The van der Waals surface area contributed by atoms with E-state index >= 15 is 0 Å². The van der Waals surface area contributed by atoms with Crippen molar-refractivity contribution in [2.45, 2.75) is 25.1 Å². The Hall–Kier alpha value is -1.09. The molecule has 0 aliphatic rings. The summed E-state index contributed by atoms with van der Waals surface area (Å²) in [7, 11) is 0. The summed E-state index contributed by atoms with van der Waals surface area (Å²) in [6.45, 7) is 4.39. The van der Waals surface area contributed by atoms with Crippen LogP contribution in [0.4, 0.5) is 0 Å². The summed E-state index contributed by atoms with van der Waals surface area (Å²) in [4.78, 5) is 0. The molecule has 0 saturated heterocycles. The fraction of sp³-hybridized carbons (Fsp3) is 0.308. The van der Waals surface area contributed by atoms with Crippen molar-refractivity contribution in [3.63, 3.8) is 0 Å². The average molecular weight is 279 g/mol. The molecule has 0 spiro atoms.